The van der Waals surface area contributed by atoms with Crippen LogP contribution in [0.5, 0.6) is 0 Å². The molecule has 0 bridgehead atoms. The molecule has 0 saturated carbocycles. The van der Waals surface area contributed by atoms with E-state index in [4.69, 9.17) is 5.73 Å². The second-order valence-corrected chi connectivity index (χ2v) is 7.34. The Hall–Kier alpha value is -2.20. The molecule has 0 amide bonds. The molecule has 2 rings (SSSR count). The zero-order valence-corrected chi connectivity index (χ0v) is 13.3. The molecule has 122 valence electrons. The lowest BCUT2D eigenvalue weighted by Crippen LogP contribution is -2.05. The standard InChI is InChI=1S/C14H13NO6S2/c15-12-6-3-5-11(14(12)23(19,20)21)9-8-10-4-1-2-7-13(10)22(16,17)18/h1-9H,15H2,(H,16,17,18)(H,19,20,21). The van der Waals surface area contributed by atoms with Gasteiger partial charge < -0.3 is 5.73 Å². The van der Waals surface area contributed by atoms with Gasteiger partial charge in [-0.05, 0) is 23.3 Å². The van der Waals surface area contributed by atoms with Gasteiger partial charge in [-0.25, -0.2) is 0 Å². The van der Waals surface area contributed by atoms with Crippen molar-refractivity contribution in [1.82, 2.24) is 0 Å². The minimum absolute atomic E-state index is 0.0811. The minimum Gasteiger partial charge on any atom is -0.398 e. The number of benzene rings is 2. The Morgan fingerprint density at radius 1 is 0.783 bits per heavy atom. The van der Waals surface area contributed by atoms with Gasteiger partial charge in [0, 0.05) is 0 Å². The summed E-state index contributed by atoms with van der Waals surface area (Å²) in [4.78, 5) is -0.797. The minimum atomic E-state index is -4.55. The molecule has 0 fully saturated rings. The van der Waals surface area contributed by atoms with Crippen molar-refractivity contribution in [2.24, 2.45) is 0 Å². The molecule has 0 atom stereocenters. The maximum Gasteiger partial charge on any atom is 0.297 e. The van der Waals surface area contributed by atoms with Gasteiger partial charge in [0.25, 0.3) is 20.2 Å². The third-order valence-electron chi connectivity index (χ3n) is 2.97. The summed E-state index contributed by atoms with van der Waals surface area (Å²) in [7, 11) is -8.98. The van der Waals surface area contributed by atoms with E-state index in [9.17, 15) is 25.9 Å². The predicted molar refractivity (Wildman–Crippen MR) is 85.9 cm³/mol. The molecule has 0 heterocycles. The van der Waals surface area contributed by atoms with Crippen molar-refractivity contribution in [1.29, 1.82) is 0 Å². The summed E-state index contributed by atoms with van der Waals surface area (Å²) in [5.74, 6) is 0. The quantitative estimate of drug-likeness (QED) is 0.433. The molecule has 0 aliphatic carbocycles. The van der Waals surface area contributed by atoms with Crippen LogP contribution < -0.4 is 5.73 Å². The summed E-state index contributed by atoms with van der Waals surface area (Å²) in [5, 5.41) is 0. The first kappa shape index (κ1) is 17.2. The van der Waals surface area contributed by atoms with E-state index in [-0.39, 0.29) is 21.7 Å². The Bertz CT molecular complexity index is 978. The van der Waals surface area contributed by atoms with Crippen molar-refractivity contribution in [3.63, 3.8) is 0 Å². The van der Waals surface area contributed by atoms with Crippen molar-refractivity contribution < 1.29 is 25.9 Å². The molecule has 4 N–H and O–H groups in total. The van der Waals surface area contributed by atoms with Gasteiger partial charge in [0.05, 0.1) is 5.69 Å². The third-order valence-corrected chi connectivity index (χ3v) is 4.89. The maximum absolute atomic E-state index is 11.4. The van der Waals surface area contributed by atoms with Crippen molar-refractivity contribution >= 4 is 38.1 Å². The molecule has 9 heteroatoms. The van der Waals surface area contributed by atoms with Crippen LogP contribution in [0.2, 0.25) is 0 Å². The van der Waals surface area contributed by atoms with Crippen LogP contribution in [0, 0.1) is 0 Å². The SMILES string of the molecule is Nc1cccc(C=Cc2ccccc2S(=O)(=O)O)c1S(=O)(=O)O. The number of hydrogen-bond acceptors (Lipinski definition) is 5. The van der Waals surface area contributed by atoms with E-state index >= 15 is 0 Å². The highest BCUT2D eigenvalue weighted by molar-refractivity contribution is 7.86. The monoisotopic (exact) mass is 355 g/mol. The highest BCUT2D eigenvalue weighted by Crippen LogP contribution is 2.25. The molecule has 0 unspecified atom stereocenters. The molecule has 7 nitrogen and oxygen atoms in total. The Labute approximate surface area is 133 Å². The first-order valence-corrected chi connectivity index (χ1v) is 9.09. The molecule has 2 aromatic rings. The van der Waals surface area contributed by atoms with Crippen LogP contribution >= 0.6 is 0 Å². The molecule has 0 saturated heterocycles. The van der Waals surface area contributed by atoms with Crippen molar-refractivity contribution in [3.8, 4) is 0 Å². The first-order chi connectivity index (χ1) is 10.6. The third kappa shape index (κ3) is 3.96. The fourth-order valence-corrected chi connectivity index (χ4v) is 3.52. The summed E-state index contributed by atoms with van der Waals surface area (Å²) < 4.78 is 63.9. The van der Waals surface area contributed by atoms with Crippen LogP contribution in [-0.2, 0) is 20.2 Å². The lowest BCUT2D eigenvalue weighted by atomic mass is 10.1. The number of anilines is 1. The van der Waals surface area contributed by atoms with Gasteiger partial charge in [-0.1, -0.05) is 42.5 Å². The lowest BCUT2D eigenvalue weighted by Gasteiger charge is -2.07. The summed E-state index contributed by atoms with van der Waals surface area (Å²) >= 11 is 0. The van der Waals surface area contributed by atoms with Gasteiger partial charge in [0.15, 0.2) is 0 Å². The van der Waals surface area contributed by atoms with E-state index in [1.165, 1.54) is 48.6 Å². The number of nitrogen functional groups attached to an aromatic ring is 1. The maximum atomic E-state index is 11.4. The summed E-state index contributed by atoms with van der Waals surface area (Å²) in [5.41, 5.74) is 5.66. The van der Waals surface area contributed by atoms with Gasteiger partial charge in [0.2, 0.25) is 0 Å². The summed E-state index contributed by atoms with van der Waals surface area (Å²) in [6.07, 6.45) is 2.58. The highest BCUT2D eigenvalue weighted by atomic mass is 32.2. The topological polar surface area (TPSA) is 135 Å². The lowest BCUT2D eigenvalue weighted by molar-refractivity contribution is 0.481. The van der Waals surface area contributed by atoms with Crippen LogP contribution in [0.1, 0.15) is 11.1 Å². The summed E-state index contributed by atoms with van der Waals surface area (Å²) in [6.45, 7) is 0. The highest BCUT2D eigenvalue weighted by Gasteiger charge is 2.18. The van der Waals surface area contributed by atoms with E-state index in [1.54, 1.807) is 6.07 Å². The Kier molecular flexibility index (Phi) is 4.57. The Morgan fingerprint density at radius 2 is 1.35 bits per heavy atom. The number of nitrogens with two attached hydrogens (primary N) is 1. The summed E-state index contributed by atoms with van der Waals surface area (Å²) in [6, 6.07) is 9.82. The van der Waals surface area contributed by atoms with Gasteiger partial charge in [0.1, 0.15) is 9.79 Å². The van der Waals surface area contributed by atoms with Gasteiger partial charge in [-0.2, -0.15) is 16.8 Å². The Morgan fingerprint density at radius 3 is 1.96 bits per heavy atom. The van der Waals surface area contributed by atoms with E-state index in [2.05, 4.69) is 0 Å². The molecular formula is C14H13NO6S2. The van der Waals surface area contributed by atoms with Gasteiger partial charge >= 0.3 is 0 Å². The van der Waals surface area contributed by atoms with E-state index in [0.29, 0.717) is 0 Å². The van der Waals surface area contributed by atoms with Crippen molar-refractivity contribution in [2.75, 3.05) is 5.73 Å². The van der Waals surface area contributed by atoms with Crippen molar-refractivity contribution in [3.05, 3.63) is 53.6 Å². The van der Waals surface area contributed by atoms with Gasteiger partial charge in [-0.3, -0.25) is 9.11 Å². The van der Waals surface area contributed by atoms with Crippen molar-refractivity contribution in [2.45, 2.75) is 9.79 Å². The molecule has 0 radical (unpaired) electrons. The fraction of sp³-hybridized carbons (Fsp3) is 0. The van der Waals surface area contributed by atoms with Crippen LogP contribution in [0.4, 0.5) is 5.69 Å². The van der Waals surface area contributed by atoms with E-state index in [1.807, 2.05) is 0 Å². The van der Waals surface area contributed by atoms with Crippen LogP contribution in [0.15, 0.2) is 52.3 Å². The van der Waals surface area contributed by atoms with Gasteiger partial charge in [-0.15, -0.1) is 0 Å². The molecule has 0 aliphatic heterocycles. The predicted octanol–water partition coefficient (Wildman–Crippen LogP) is 1.93. The fourth-order valence-electron chi connectivity index (χ4n) is 2.04. The normalized spacial score (nSPS) is 12.6. The number of hydrogen-bond donors (Lipinski definition) is 3. The molecule has 0 spiro atoms. The average molecular weight is 355 g/mol. The van der Waals surface area contributed by atoms with E-state index < -0.39 is 25.1 Å². The zero-order valence-electron chi connectivity index (χ0n) is 11.6. The van der Waals surface area contributed by atoms with Crippen LogP contribution in [-0.4, -0.2) is 25.9 Å². The van der Waals surface area contributed by atoms with Crippen LogP contribution in [0.3, 0.4) is 0 Å². The molecular weight excluding hydrogens is 342 g/mol. The largest absolute Gasteiger partial charge is 0.398 e. The smallest absolute Gasteiger partial charge is 0.297 e. The second kappa shape index (κ2) is 6.13. The first-order valence-electron chi connectivity index (χ1n) is 6.21. The van der Waals surface area contributed by atoms with Crippen LogP contribution in [0.25, 0.3) is 12.2 Å². The molecule has 0 aromatic heterocycles. The average Bonchev–Trinajstić information content (AvgIpc) is 2.43. The van der Waals surface area contributed by atoms with E-state index in [0.717, 1.165) is 0 Å². The molecule has 23 heavy (non-hydrogen) atoms. The Balaban J connectivity index is 2.59. The second-order valence-electron chi connectivity index (χ2n) is 4.59. The number of rotatable bonds is 4. The molecule has 0 aliphatic rings. The molecule has 2 aromatic carbocycles. The zero-order chi connectivity index (χ0) is 17.3.